The number of aliphatic imine (C=N–C) groups is 1. The Labute approximate surface area is 164 Å². The minimum absolute atomic E-state index is 0.0653. The number of nitrogens with two attached hydrogens (primary N) is 1. The number of hydrogen-bond acceptors (Lipinski definition) is 5. The number of nitrogens with one attached hydrogen (secondary N) is 2. The number of hydrogen-bond donors (Lipinski definition) is 3. The summed E-state index contributed by atoms with van der Waals surface area (Å²) in [5, 5.41) is 11.5. The van der Waals surface area contributed by atoms with E-state index in [2.05, 4.69) is 27.8 Å². The zero-order chi connectivity index (χ0) is 19.7. The second-order valence-electron chi connectivity index (χ2n) is 5.90. The fourth-order valence-electron chi connectivity index (χ4n) is 2.36. The second kappa shape index (κ2) is 10.4. The third-order valence-electron chi connectivity index (χ3n) is 3.82. The van der Waals surface area contributed by atoms with E-state index >= 15 is 0 Å². The summed E-state index contributed by atoms with van der Waals surface area (Å²) in [5.41, 5.74) is 1.16. The van der Waals surface area contributed by atoms with Crippen LogP contribution in [0.4, 0.5) is 0 Å². The Morgan fingerprint density at radius 3 is 2.59 bits per heavy atom. The van der Waals surface area contributed by atoms with E-state index in [-0.39, 0.29) is 10.3 Å². The molecule has 0 amide bonds. The van der Waals surface area contributed by atoms with Crippen molar-refractivity contribution in [3.8, 4) is 0 Å². The normalized spacial score (nSPS) is 13.4. The minimum atomic E-state index is -3.64. The Morgan fingerprint density at radius 2 is 1.96 bits per heavy atom. The Kier molecular flexibility index (Phi) is 8.23. The first-order valence-electron chi connectivity index (χ1n) is 8.62. The van der Waals surface area contributed by atoms with Crippen molar-refractivity contribution in [2.24, 2.45) is 10.1 Å². The highest BCUT2D eigenvalue weighted by atomic mass is 32.2. The molecule has 0 aliphatic rings. The Morgan fingerprint density at radius 1 is 1.22 bits per heavy atom. The van der Waals surface area contributed by atoms with Crippen molar-refractivity contribution < 1.29 is 13.2 Å². The SMILES string of the molecule is CN=C(NCCCOC(C)c1ccccc1)NCc1ccc(S(N)(=O)=O)s1. The van der Waals surface area contributed by atoms with Crippen LogP contribution in [-0.2, 0) is 21.3 Å². The van der Waals surface area contributed by atoms with Crippen LogP contribution in [0.1, 0.15) is 29.9 Å². The summed E-state index contributed by atoms with van der Waals surface area (Å²) in [4.78, 5) is 5.02. The second-order valence-corrected chi connectivity index (χ2v) is 8.85. The monoisotopic (exact) mass is 410 g/mol. The van der Waals surface area contributed by atoms with E-state index in [9.17, 15) is 8.42 Å². The van der Waals surface area contributed by atoms with Gasteiger partial charge in [0.15, 0.2) is 5.96 Å². The van der Waals surface area contributed by atoms with Crippen molar-refractivity contribution in [1.29, 1.82) is 0 Å². The molecule has 7 nitrogen and oxygen atoms in total. The Hall–Kier alpha value is -1.94. The van der Waals surface area contributed by atoms with Crippen molar-refractivity contribution in [2.45, 2.75) is 30.2 Å². The number of guanidine groups is 1. The van der Waals surface area contributed by atoms with Gasteiger partial charge < -0.3 is 15.4 Å². The highest BCUT2D eigenvalue weighted by molar-refractivity contribution is 7.91. The maximum Gasteiger partial charge on any atom is 0.247 e. The molecule has 1 heterocycles. The fraction of sp³-hybridized carbons (Fsp3) is 0.389. The summed E-state index contributed by atoms with van der Waals surface area (Å²) in [6.45, 7) is 3.87. The van der Waals surface area contributed by atoms with Crippen LogP contribution in [0.2, 0.25) is 0 Å². The molecule has 0 aliphatic carbocycles. The maximum atomic E-state index is 11.3. The molecule has 1 atom stereocenters. The minimum Gasteiger partial charge on any atom is -0.374 e. The number of ether oxygens (including phenoxy) is 1. The van der Waals surface area contributed by atoms with Crippen LogP contribution in [0, 0.1) is 0 Å². The maximum absolute atomic E-state index is 11.3. The summed E-state index contributed by atoms with van der Waals surface area (Å²) in [6.07, 6.45) is 0.905. The van der Waals surface area contributed by atoms with Gasteiger partial charge in [-0.2, -0.15) is 0 Å². The summed E-state index contributed by atoms with van der Waals surface area (Å²) in [5.74, 6) is 0.650. The molecular weight excluding hydrogens is 384 g/mol. The first kappa shape index (κ1) is 21.4. The van der Waals surface area contributed by atoms with Gasteiger partial charge in [0.25, 0.3) is 0 Å². The number of thiophene rings is 1. The smallest absolute Gasteiger partial charge is 0.247 e. The predicted octanol–water partition coefficient (Wildman–Crippen LogP) is 2.23. The van der Waals surface area contributed by atoms with Crippen LogP contribution in [0.25, 0.3) is 0 Å². The molecule has 1 unspecified atom stereocenters. The summed E-state index contributed by atoms with van der Waals surface area (Å²) < 4.78 is 28.6. The van der Waals surface area contributed by atoms with E-state index in [0.717, 1.165) is 28.2 Å². The van der Waals surface area contributed by atoms with Gasteiger partial charge in [0.05, 0.1) is 12.6 Å². The lowest BCUT2D eigenvalue weighted by atomic mass is 10.1. The van der Waals surface area contributed by atoms with E-state index < -0.39 is 10.0 Å². The van der Waals surface area contributed by atoms with Crippen LogP contribution in [0.15, 0.2) is 51.7 Å². The quantitative estimate of drug-likeness (QED) is 0.334. The number of benzene rings is 1. The summed E-state index contributed by atoms with van der Waals surface area (Å²) >= 11 is 1.15. The number of rotatable bonds is 9. The lowest BCUT2D eigenvalue weighted by Gasteiger charge is -2.14. The molecule has 4 N–H and O–H groups in total. The molecule has 0 saturated carbocycles. The summed E-state index contributed by atoms with van der Waals surface area (Å²) in [6, 6.07) is 13.4. The number of nitrogens with zero attached hydrogens (tertiary/aromatic N) is 1. The van der Waals surface area contributed by atoms with Gasteiger partial charge in [0, 0.05) is 25.1 Å². The zero-order valence-corrected chi connectivity index (χ0v) is 17.1. The van der Waals surface area contributed by atoms with Crippen LogP contribution in [0.3, 0.4) is 0 Å². The Bertz CT molecular complexity index is 835. The molecule has 9 heteroatoms. The van der Waals surface area contributed by atoms with E-state index in [1.807, 2.05) is 25.1 Å². The van der Waals surface area contributed by atoms with E-state index in [1.165, 1.54) is 6.07 Å². The summed E-state index contributed by atoms with van der Waals surface area (Å²) in [7, 11) is -1.95. The van der Waals surface area contributed by atoms with E-state index in [4.69, 9.17) is 9.88 Å². The zero-order valence-electron chi connectivity index (χ0n) is 15.5. The molecule has 2 aromatic rings. The van der Waals surface area contributed by atoms with E-state index in [0.29, 0.717) is 25.7 Å². The molecule has 27 heavy (non-hydrogen) atoms. The third kappa shape index (κ3) is 7.30. The highest BCUT2D eigenvalue weighted by Gasteiger charge is 2.11. The molecule has 0 bridgehead atoms. The number of sulfonamides is 1. The topological polar surface area (TPSA) is 106 Å². The molecule has 148 valence electrons. The van der Waals surface area contributed by atoms with E-state index in [1.54, 1.807) is 13.1 Å². The largest absolute Gasteiger partial charge is 0.374 e. The van der Waals surface area contributed by atoms with Gasteiger partial charge >= 0.3 is 0 Å². The molecule has 0 radical (unpaired) electrons. The van der Waals surface area contributed by atoms with Crippen molar-refractivity contribution >= 4 is 27.3 Å². The molecule has 1 aromatic heterocycles. The van der Waals surface area contributed by atoms with Gasteiger partial charge in [-0.05, 0) is 31.0 Å². The number of primary sulfonamides is 1. The average molecular weight is 411 g/mol. The molecule has 0 spiro atoms. The molecule has 0 saturated heterocycles. The molecule has 0 fully saturated rings. The lowest BCUT2D eigenvalue weighted by Crippen LogP contribution is -2.37. The van der Waals surface area contributed by atoms with Gasteiger partial charge in [-0.15, -0.1) is 11.3 Å². The standard InChI is InChI=1S/C18H26N4O3S2/c1-14(15-7-4-3-5-8-15)25-12-6-11-21-18(20-2)22-13-16-9-10-17(26-16)27(19,23)24/h3-5,7-10,14H,6,11-13H2,1-2H3,(H2,19,23,24)(H2,20,21,22). The van der Waals surface area contributed by atoms with Crippen LogP contribution in [0.5, 0.6) is 0 Å². The molecule has 0 aliphatic heterocycles. The van der Waals surface area contributed by atoms with Gasteiger partial charge in [0.2, 0.25) is 10.0 Å². The Balaban J connectivity index is 1.66. The predicted molar refractivity (Wildman–Crippen MR) is 109 cm³/mol. The van der Waals surface area contributed by atoms with Gasteiger partial charge in [-0.3, -0.25) is 4.99 Å². The van der Waals surface area contributed by atoms with Crippen LogP contribution >= 0.6 is 11.3 Å². The lowest BCUT2D eigenvalue weighted by molar-refractivity contribution is 0.0646. The highest BCUT2D eigenvalue weighted by Crippen LogP contribution is 2.20. The van der Waals surface area contributed by atoms with Gasteiger partial charge in [-0.25, -0.2) is 13.6 Å². The van der Waals surface area contributed by atoms with Crippen molar-refractivity contribution in [3.05, 3.63) is 52.9 Å². The molecule has 1 aromatic carbocycles. The van der Waals surface area contributed by atoms with Crippen molar-refractivity contribution in [2.75, 3.05) is 20.2 Å². The van der Waals surface area contributed by atoms with Crippen LogP contribution in [-0.4, -0.2) is 34.6 Å². The fourth-order valence-corrected chi connectivity index (χ4v) is 4.08. The third-order valence-corrected chi connectivity index (χ3v) is 6.35. The average Bonchev–Trinajstić information content (AvgIpc) is 3.14. The molecule has 2 rings (SSSR count). The first-order valence-corrected chi connectivity index (χ1v) is 11.0. The van der Waals surface area contributed by atoms with Crippen molar-refractivity contribution in [1.82, 2.24) is 10.6 Å². The van der Waals surface area contributed by atoms with Gasteiger partial charge in [0.1, 0.15) is 4.21 Å². The first-order chi connectivity index (χ1) is 12.9. The molecular formula is C18H26N4O3S2. The van der Waals surface area contributed by atoms with Crippen LogP contribution < -0.4 is 15.8 Å². The van der Waals surface area contributed by atoms with Gasteiger partial charge in [-0.1, -0.05) is 30.3 Å². The van der Waals surface area contributed by atoms with Crippen molar-refractivity contribution in [3.63, 3.8) is 0 Å².